The van der Waals surface area contributed by atoms with Crippen LogP contribution in [0.4, 0.5) is 11.4 Å². The zero-order valence-corrected chi connectivity index (χ0v) is 13.7. The molecule has 0 radical (unpaired) electrons. The summed E-state index contributed by atoms with van der Waals surface area (Å²) in [6.07, 6.45) is 0. The van der Waals surface area contributed by atoms with Crippen LogP contribution in [0.1, 0.15) is 5.56 Å². The van der Waals surface area contributed by atoms with Crippen molar-refractivity contribution in [2.45, 2.75) is 0 Å². The third-order valence-electron chi connectivity index (χ3n) is 3.92. The minimum Gasteiger partial charge on any atom is -0.384 e. The number of benzene rings is 2. The number of nitro benzene ring substituents is 1. The van der Waals surface area contributed by atoms with Gasteiger partial charge in [-0.25, -0.2) is 0 Å². The van der Waals surface area contributed by atoms with Crippen LogP contribution in [0.15, 0.2) is 53.3 Å². The van der Waals surface area contributed by atoms with Gasteiger partial charge in [-0.05, 0) is 30.3 Å². The molecule has 0 fully saturated rings. The van der Waals surface area contributed by atoms with Crippen molar-refractivity contribution in [3.63, 3.8) is 0 Å². The standard InChI is InChI=1S/C18H15N5O3/c19-7-8-21-14-2-1-12-9-13(11-20)18(24)22(17(12)10-14)15-3-5-16(6-4-15)23(25)26/h1-6,9-10,21H,7-8,19H2. The maximum Gasteiger partial charge on any atom is 0.273 e. The molecule has 0 atom stereocenters. The van der Waals surface area contributed by atoms with Crippen LogP contribution in [0.3, 0.4) is 0 Å². The van der Waals surface area contributed by atoms with Crippen LogP contribution in [-0.2, 0) is 0 Å². The molecule has 0 bridgehead atoms. The molecule has 0 amide bonds. The van der Waals surface area contributed by atoms with Crippen LogP contribution in [0, 0.1) is 21.4 Å². The molecule has 3 aromatic rings. The number of aromatic nitrogens is 1. The lowest BCUT2D eigenvalue weighted by atomic mass is 10.1. The Hall–Kier alpha value is -3.70. The second-order valence-corrected chi connectivity index (χ2v) is 5.57. The molecule has 0 aliphatic carbocycles. The van der Waals surface area contributed by atoms with Crippen LogP contribution in [-0.4, -0.2) is 22.6 Å². The predicted octanol–water partition coefficient (Wildman–Crippen LogP) is 2.14. The van der Waals surface area contributed by atoms with Crippen molar-refractivity contribution in [1.29, 1.82) is 5.26 Å². The molecule has 2 aromatic carbocycles. The molecule has 8 nitrogen and oxygen atoms in total. The number of anilines is 1. The van der Waals surface area contributed by atoms with Crippen LogP contribution in [0.2, 0.25) is 0 Å². The van der Waals surface area contributed by atoms with E-state index >= 15 is 0 Å². The lowest BCUT2D eigenvalue weighted by Crippen LogP contribution is -2.21. The number of hydrogen-bond acceptors (Lipinski definition) is 6. The van der Waals surface area contributed by atoms with Gasteiger partial charge in [-0.2, -0.15) is 5.26 Å². The SMILES string of the molecule is N#Cc1cc2ccc(NCCN)cc2n(-c2ccc([N+](=O)[O-])cc2)c1=O. The lowest BCUT2D eigenvalue weighted by molar-refractivity contribution is -0.384. The number of non-ortho nitro benzene ring substituents is 1. The van der Waals surface area contributed by atoms with E-state index in [-0.39, 0.29) is 11.3 Å². The fourth-order valence-electron chi connectivity index (χ4n) is 2.69. The maximum atomic E-state index is 12.7. The molecule has 0 saturated carbocycles. The molecule has 0 aliphatic heterocycles. The summed E-state index contributed by atoms with van der Waals surface area (Å²) in [5.41, 5.74) is 6.75. The molecule has 0 aliphatic rings. The van der Waals surface area contributed by atoms with E-state index in [1.165, 1.54) is 34.9 Å². The third-order valence-corrected chi connectivity index (χ3v) is 3.92. The average Bonchev–Trinajstić information content (AvgIpc) is 2.66. The molecular weight excluding hydrogens is 334 g/mol. The fraction of sp³-hybridized carbons (Fsp3) is 0.111. The fourth-order valence-corrected chi connectivity index (χ4v) is 2.69. The number of nitrogens with two attached hydrogens (primary N) is 1. The van der Waals surface area contributed by atoms with Gasteiger partial charge >= 0.3 is 0 Å². The number of nitriles is 1. The van der Waals surface area contributed by atoms with Crippen molar-refractivity contribution in [3.05, 3.63) is 74.6 Å². The van der Waals surface area contributed by atoms with Crippen LogP contribution < -0.4 is 16.6 Å². The average molecular weight is 349 g/mol. The zero-order chi connectivity index (χ0) is 18.7. The van der Waals surface area contributed by atoms with Gasteiger partial charge in [0.05, 0.1) is 10.4 Å². The first kappa shape index (κ1) is 17.1. The summed E-state index contributed by atoms with van der Waals surface area (Å²) in [4.78, 5) is 23.1. The van der Waals surface area contributed by atoms with E-state index in [0.29, 0.717) is 29.7 Å². The van der Waals surface area contributed by atoms with Crippen molar-refractivity contribution >= 4 is 22.3 Å². The highest BCUT2D eigenvalue weighted by Gasteiger charge is 2.13. The van der Waals surface area contributed by atoms with Crippen molar-refractivity contribution < 1.29 is 4.92 Å². The largest absolute Gasteiger partial charge is 0.384 e. The van der Waals surface area contributed by atoms with Gasteiger partial charge in [0.1, 0.15) is 11.6 Å². The van der Waals surface area contributed by atoms with E-state index in [1.807, 2.05) is 12.1 Å². The first-order valence-electron chi connectivity index (χ1n) is 7.84. The Morgan fingerprint density at radius 1 is 1.19 bits per heavy atom. The summed E-state index contributed by atoms with van der Waals surface area (Å²) >= 11 is 0. The summed E-state index contributed by atoms with van der Waals surface area (Å²) in [7, 11) is 0. The molecule has 0 saturated heterocycles. The molecule has 130 valence electrons. The number of nitrogens with one attached hydrogen (secondary N) is 1. The molecule has 1 aromatic heterocycles. The third kappa shape index (κ3) is 3.11. The first-order chi connectivity index (χ1) is 12.5. The van der Waals surface area contributed by atoms with Gasteiger partial charge in [0, 0.05) is 42.0 Å². The minimum absolute atomic E-state index is 0.00137. The van der Waals surface area contributed by atoms with Gasteiger partial charge in [0.2, 0.25) is 0 Å². The van der Waals surface area contributed by atoms with E-state index in [4.69, 9.17) is 5.73 Å². The van der Waals surface area contributed by atoms with E-state index in [1.54, 1.807) is 12.1 Å². The van der Waals surface area contributed by atoms with Crippen molar-refractivity contribution in [2.24, 2.45) is 5.73 Å². The van der Waals surface area contributed by atoms with Gasteiger partial charge in [0.15, 0.2) is 0 Å². The summed E-state index contributed by atoms with van der Waals surface area (Å²) in [5.74, 6) is 0. The van der Waals surface area contributed by atoms with E-state index in [9.17, 15) is 20.2 Å². The Morgan fingerprint density at radius 2 is 1.92 bits per heavy atom. The summed E-state index contributed by atoms with van der Waals surface area (Å²) < 4.78 is 1.38. The smallest absolute Gasteiger partial charge is 0.273 e. The topological polar surface area (TPSA) is 127 Å². The van der Waals surface area contributed by atoms with E-state index in [0.717, 1.165) is 5.69 Å². The quantitative estimate of drug-likeness (QED) is 0.536. The molecule has 3 rings (SSSR count). The van der Waals surface area contributed by atoms with Crippen molar-refractivity contribution in [2.75, 3.05) is 18.4 Å². The van der Waals surface area contributed by atoms with Gasteiger partial charge in [0.25, 0.3) is 11.2 Å². The maximum absolute atomic E-state index is 12.7. The van der Waals surface area contributed by atoms with Gasteiger partial charge in [-0.1, -0.05) is 6.07 Å². The molecule has 8 heteroatoms. The van der Waals surface area contributed by atoms with Crippen LogP contribution in [0.25, 0.3) is 16.6 Å². The van der Waals surface area contributed by atoms with Crippen LogP contribution >= 0.6 is 0 Å². The van der Waals surface area contributed by atoms with E-state index in [2.05, 4.69) is 5.32 Å². The highest BCUT2D eigenvalue weighted by molar-refractivity contribution is 5.85. The van der Waals surface area contributed by atoms with Crippen molar-refractivity contribution in [3.8, 4) is 11.8 Å². The molecular formula is C18H15N5O3. The Bertz CT molecular complexity index is 1080. The highest BCUT2D eigenvalue weighted by Crippen LogP contribution is 2.23. The number of nitrogens with zero attached hydrogens (tertiary/aromatic N) is 3. The molecule has 0 spiro atoms. The zero-order valence-electron chi connectivity index (χ0n) is 13.7. The normalized spacial score (nSPS) is 10.5. The number of rotatable bonds is 5. The molecule has 26 heavy (non-hydrogen) atoms. The molecule has 0 unspecified atom stereocenters. The Labute approximate surface area is 148 Å². The first-order valence-corrected chi connectivity index (χ1v) is 7.84. The molecule has 1 heterocycles. The number of pyridine rings is 1. The summed E-state index contributed by atoms with van der Waals surface area (Å²) in [6.45, 7) is 1.03. The van der Waals surface area contributed by atoms with Crippen molar-refractivity contribution in [1.82, 2.24) is 4.57 Å². The van der Waals surface area contributed by atoms with E-state index < -0.39 is 10.5 Å². The predicted molar refractivity (Wildman–Crippen MR) is 98.5 cm³/mol. The Morgan fingerprint density at radius 3 is 2.54 bits per heavy atom. The van der Waals surface area contributed by atoms with Crippen LogP contribution in [0.5, 0.6) is 0 Å². The number of fused-ring (bicyclic) bond motifs is 1. The minimum atomic E-state index is -0.509. The second kappa shape index (κ2) is 7.04. The second-order valence-electron chi connectivity index (χ2n) is 5.57. The number of nitro groups is 1. The van der Waals surface area contributed by atoms with Gasteiger partial charge in [-0.15, -0.1) is 0 Å². The monoisotopic (exact) mass is 349 g/mol. The number of hydrogen-bond donors (Lipinski definition) is 2. The summed E-state index contributed by atoms with van der Waals surface area (Å²) in [6, 6.07) is 14.5. The van der Waals surface area contributed by atoms with Gasteiger partial charge < -0.3 is 11.1 Å². The highest BCUT2D eigenvalue weighted by atomic mass is 16.6. The summed E-state index contributed by atoms with van der Waals surface area (Å²) in [5, 5.41) is 24.0. The molecule has 3 N–H and O–H groups in total. The lowest BCUT2D eigenvalue weighted by Gasteiger charge is -2.13. The van der Waals surface area contributed by atoms with Gasteiger partial charge in [-0.3, -0.25) is 19.5 Å². The Balaban J connectivity index is 2.26. The Kier molecular flexibility index (Phi) is 4.64.